The lowest BCUT2D eigenvalue weighted by molar-refractivity contribution is 0.288. The zero-order valence-corrected chi connectivity index (χ0v) is 16.3. The van der Waals surface area contributed by atoms with Gasteiger partial charge < -0.3 is 15.4 Å². The van der Waals surface area contributed by atoms with Crippen LogP contribution in [0.3, 0.4) is 0 Å². The fraction of sp³-hybridized carbons (Fsp3) is 0.333. The third kappa shape index (κ3) is 5.69. The lowest BCUT2D eigenvalue weighted by Crippen LogP contribution is -2.11. The number of benzene rings is 2. The van der Waals surface area contributed by atoms with Crippen LogP contribution >= 0.6 is 27.7 Å². The molecule has 2 rings (SSSR count). The van der Waals surface area contributed by atoms with Gasteiger partial charge in [-0.15, -0.1) is 0 Å². The van der Waals surface area contributed by atoms with E-state index in [2.05, 4.69) is 20.8 Å². The Morgan fingerprint density at radius 3 is 2.58 bits per heavy atom. The predicted octanol–water partition coefficient (Wildman–Crippen LogP) is 4.98. The van der Waals surface area contributed by atoms with Crippen LogP contribution in [0.2, 0.25) is 0 Å². The largest absolute Gasteiger partial charge is 0.493 e. The summed E-state index contributed by atoms with van der Waals surface area (Å²) in [5.74, 6) is 0.772. The van der Waals surface area contributed by atoms with Crippen molar-refractivity contribution < 1.29 is 9.13 Å². The van der Waals surface area contributed by atoms with Gasteiger partial charge in [0.25, 0.3) is 0 Å². The summed E-state index contributed by atoms with van der Waals surface area (Å²) in [6.45, 7) is 0.824. The Morgan fingerprint density at radius 1 is 1.17 bits per heavy atom. The first-order valence-corrected chi connectivity index (χ1v) is 9.30. The fourth-order valence-corrected chi connectivity index (χ4v) is 3.50. The number of rotatable bonds is 8. The number of anilines is 1. The van der Waals surface area contributed by atoms with E-state index in [0.29, 0.717) is 13.0 Å². The Kier molecular flexibility index (Phi) is 7.40. The average Bonchev–Trinajstić information content (AvgIpc) is 2.52. The van der Waals surface area contributed by atoms with E-state index in [1.54, 1.807) is 11.8 Å². The Balaban J connectivity index is 2.23. The number of nitrogens with zero attached hydrogens (tertiary/aromatic N) is 1. The molecule has 6 heteroatoms. The van der Waals surface area contributed by atoms with Crippen molar-refractivity contribution in [3.63, 3.8) is 0 Å². The fourth-order valence-electron chi connectivity index (χ4n) is 2.18. The molecule has 0 aliphatic carbocycles. The Bertz CT molecular complexity index is 682. The molecule has 0 saturated carbocycles. The molecule has 130 valence electrons. The first kappa shape index (κ1) is 19.1. The van der Waals surface area contributed by atoms with Crippen molar-refractivity contribution in [3.8, 4) is 5.75 Å². The standard InChI is InChI=1S/C18H22BrFN2OS/c1-22(2)12-13-10-15(23-9-3-8-20)5-7-17(13)24-18-6-4-14(19)11-16(18)21/h4-7,10-11H,3,8-9,12,21H2,1-2H3/i20-1. The minimum absolute atomic E-state index is 0.360. The zero-order valence-electron chi connectivity index (χ0n) is 13.9. The van der Waals surface area contributed by atoms with Crippen LogP contribution in [-0.4, -0.2) is 32.3 Å². The smallest absolute Gasteiger partial charge is 0.119 e. The van der Waals surface area contributed by atoms with E-state index in [4.69, 9.17) is 10.5 Å². The summed E-state index contributed by atoms with van der Waals surface area (Å²) >= 11 is 5.07. The van der Waals surface area contributed by atoms with Crippen molar-refractivity contribution in [1.29, 1.82) is 0 Å². The molecule has 0 amide bonds. The lowest BCUT2D eigenvalue weighted by atomic mass is 10.2. The van der Waals surface area contributed by atoms with Crippen LogP contribution in [0, 0.1) is 0 Å². The maximum Gasteiger partial charge on any atom is 0.119 e. The molecule has 0 heterocycles. The van der Waals surface area contributed by atoms with Gasteiger partial charge in [-0.3, -0.25) is 4.39 Å². The van der Waals surface area contributed by atoms with Crippen LogP contribution in [0.4, 0.5) is 10.1 Å². The van der Waals surface area contributed by atoms with Crippen molar-refractivity contribution in [3.05, 3.63) is 46.4 Å². The third-order valence-electron chi connectivity index (χ3n) is 3.26. The highest BCUT2D eigenvalue weighted by atomic mass is 79.9. The number of nitrogens with two attached hydrogens (primary N) is 1. The highest BCUT2D eigenvalue weighted by molar-refractivity contribution is 9.10. The van der Waals surface area contributed by atoms with E-state index in [-0.39, 0.29) is 6.67 Å². The van der Waals surface area contributed by atoms with E-state index in [1.807, 2.05) is 50.5 Å². The number of halogens is 2. The van der Waals surface area contributed by atoms with Gasteiger partial charge in [-0.1, -0.05) is 27.7 Å². The molecule has 0 radical (unpaired) electrons. The van der Waals surface area contributed by atoms with Crippen LogP contribution in [0.25, 0.3) is 0 Å². The van der Waals surface area contributed by atoms with E-state index >= 15 is 0 Å². The molecule has 0 atom stereocenters. The second-order valence-electron chi connectivity index (χ2n) is 5.68. The van der Waals surface area contributed by atoms with E-state index < -0.39 is 0 Å². The molecule has 0 aromatic heterocycles. The second kappa shape index (κ2) is 9.30. The molecule has 2 aromatic carbocycles. The van der Waals surface area contributed by atoms with Crippen LogP contribution in [0.5, 0.6) is 5.75 Å². The quantitative estimate of drug-likeness (QED) is 0.490. The van der Waals surface area contributed by atoms with Gasteiger partial charge in [0.05, 0.1) is 13.3 Å². The normalized spacial score (nSPS) is 11.0. The molecule has 0 aliphatic rings. The predicted molar refractivity (Wildman–Crippen MR) is 103 cm³/mol. The highest BCUT2D eigenvalue weighted by Crippen LogP contribution is 2.37. The SMILES string of the molecule is CN(C)Cc1cc(OCCC[18F])ccc1Sc1ccc(Br)cc1N. The summed E-state index contributed by atoms with van der Waals surface area (Å²) in [7, 11) is 4.05. The van der Waals surface area contributed by atoms with Gasteiger partial charge in [-0.25, -0.2) is 0 Å². The van der Waals surface area contributed by atoms with E-state index in [0.717, 1.165) is 37.8 Å². The van der Waals surface area contributed by atoms with Crippen LogP contribution in [-0.2, 0) is 6.54 Å². The maximum absolute atomic E-state index is 12.2. The highest BCUT2D eigenvalue weighted by Gasteiger charge is 2.10. The van der Waals surface area contributed by atoms with Crippen molar-refractivity contribution in [2.75, 3.05) is 33.1 Å². The monoisotopic (exact) mass is 411 g/mol. The molecule has 0 aliphatic heterocycles. The summed E-state index contributed by atoms with van der Waals surface area (Å²) < 4.78 is 18.8. The molecule has 0 fully saturated rings. The number of ether oxygens (including phenoxy) is 1. The third-order valence-corrected chi connectivity index (χ3v) is 4.96. The van der Waals surface area contributed by atoms with Gasteiger partial charge in [-0.2, -0.15) is 0 Å². The van der Waals surface area contributed by atoms with Gasteiger partial charge in [0.1, 0.15) is 5.75 Å². The van der Waals surface area contributed by atoms with Crippen molar-refractivity contribution >= 4 is 33.4 Å². The second-order valence-corrected chi connectivity index (χ2v) is 7.68. The van der Waals surface area contributed by atoms with Crippen LogP contribution in [0.1, 0.15) is 12.0 Å². The molecule has 0 bridgehead atoms. The molecule has 3 nitrogen and oxygen atoms in total. The average molecular weight is 412 g/mol. The number of hydrogen-bond acceptors (Lipinski definition) is 4. The van der Waals surface area contributed by atoms with Crippen molar-refractivity contribution in [1.82, 2.24) is 4.90 Å². The van der Waals surface area contributed by atoms with Gasteiger partial charge in [0.2, 0.25) is 0 Å². The maximum atomic E-state index is 12.2. The molecule has 24 heavy (non-hydrogen) atoms. The van der Waals surface area contributed by atoms with E-state index in [9.17, 15) is 4.39 Å². The van der Waals surface area contributed by atoms with Gasteiger partial charge in [0.15, 0.2) is 0 Å². The van der Waals surface area contributed by atoms with Crippen molar-refractivity contribution in [2.45, 2.75) is 22.8 Å². The molecular weight excluding hydrogens is 390 g/mol. The lowest BCUT2D eigenvalue weighted by Gasteiger charge is -2.16. The summed E-state index contributed by atoms with van der Waals surface area (Å²) in [5, 5.41) is 0. The summed E-state index contributed by atoms with van der Waals surface area (Å²) in [4.78, 5) is 4.26. The zero-order chi connectivity index (χ0) is 17.5. The molecule has 0 saturated heterocycles. The summed E-state index contributed by atoms with van der Waals surface area (Å²) in [6.07, 6.45) is 0.412. The van der Waals surface area contributed by atoms with Crippen molar-refractivity contribution in [2.24, 2.45) is 0 Å². The number of alkyl halides is 1. The minimum atomic E-state index is -0.360. The molecular formula is C18H22BrFN2OS. The molecule has 0 unspecified atom stereocenters. The topological polar surface area (TPSA) is 38.5 Å². The van der Waals surface area contributed by atoms with E-state index in [1.165, 1.54) is 0 Å². The van der Waals surface area contributed by atoms with Gasteiger partial charge >= 0.3 is 0 Å². The Morgan fingerprint density at radius 2 is 1.92 bits per heavy atom. The molecule has 2 N–H and O–H groups in total. The first-order valence-electron chi connectivity index (χ1n) is 7.69. The minimum Gasteiger partial charge on any atom is -0.493 e. The first-order chi connectivity index (χ1) is 11.5. The summed E-state index contributed by atoms with van der Waals surface area (Å²) in [5.41, 5.74) is 8.01. The number of nitrogen functional groups attached to an aromatic ring is 1. The number of hydrogen-bond donors (Lipinski definition) is 1. The van der Waals surface area contributed by atoms with Crippen LogP contribution in [0.15, 0.2) is 50.7 Å². The van der Waals surface area contributed by atoms with Crippen LogP contribution < -0.4 is 10.5 Å². The molecule has 2 aromatic rings. The van der Waals surface area contributed by atoms with Gasteiger partial charge in [0, 0.05) is 32.9 Å². The molecule has 0 spiro atoms. The van der Waals surface area contributed by atoms with Gasteiger partial charge in [-0.05, 0) is 56.1 Å². The summed E-state index contributed by atoms with van der Waals surface area (Å²) in [6, 6.07) is 11.9. The Hall–Kier alpha value is -1.24. The Labute approximate surface area is 155 Å².